The molecule has 0 aromatic rings. The van der Waals surface area contributed by atoms with Crippen LogP contribution in [-0.2, 0) is 33.4 Å². The van der Waals surface area contributed by atoms with Crippen molar-refractivity contribution in [2.45, 2.75) is 38.1 Å². The number of nitrogens with zero attached hydrogens (tertiary/aromatic N) is 1. The van der Waals surface area contributed by atoms with Crippen LogP contribution < -0.4 is 22.2 Å². The first kappa shape index (κ1) is 20.3. The normalized spacial score (nSPS) is 20.6. The summed E-state index contributed by atoms with van der Waals surface area (Å²) in [6, 6.07) is -1.88. The standard InChI is InChI=1S/C13H21N5O7/c1-5(14)10(20)16-6(2)11(21)17-18(4-7(15)19)12(22)8-9(25-8)13(23)24-3/h5-6,8-9H,4,14H2,1-3H3,(H2,15,19)(H,16,20)(H,17,21)/t5?,6?,8-,9-/m0/s1. The van der Waals surface area contributed by atoms with E-state index in [2.05, 4.69) is 15.5 Å². The van der Waals surface area contributed by atoms with Gasteiger partial charge < -0.3 is 26.3 Å². The van der Waals surface area contributed by atoms with Crippen molar-refractivity contribution in [3.8, 4) is 0 Å². The Labute approximate surface area is 143 Å². The zero-order valence-corrected chi connectivity index (χ0v) is 14.0. The highest BCUT2D eigenvalue weighted by Crippen LogP contribution is 2.24. The second kappa shape index (κ2) is 8.39. The molecule has 12 nitrogen and oxygen atoms in total. The summed E-state index contributed by atoms with van der Waals surface area (Å²) in [5.74, 6) is -3.89. The summed E-state index contributed by atoms with van der Waals surface area (Å²) in [6.07, 6.45) is -2.30. The van der Waals surface area contributed by atoms with Crippen molar-refractivity contribution in [3.05, 3.63) is 0 Å². The Bertz CT molecular complexity index is 579. The topological polar surface area (TPSA) is 186 Å². The van der Waals surface area contributed by atoms with E-state index in [0.29, 0.717) is 5.01 Å². The summed E-state index contributed by atoms with van der Waals surface area (Å²) >= 11 is 0. The minimum Gasteiger partial charge on any atom is -0.467 e. The molecule has 0 radical (unpaired) electrons. The van der Waals surface area contributed by atoms with Crippen LogP contribution in [0.15, 0.2) is 0 Å². The number of carbonyl (C=O) groups is 5. The van der Waals surface area contributed by atoms with Crippen molar-refractivity contribution in [1.29, 1.82) is 0 Å². The van der Waals surface area contributed by atoms with Crippen LogP contribution in [0.5, 0.6) is 0 Å². The average Bonchev–Trinajstić information content (AvgIpc) is 3.32. The molecule has 0 bridgehead atoms. The lowest BCUT2D eigenvalue weighted by Gasteiger charge is -2.24. The van der Waals surface area contributed by atoms with Gasteiger partial charge in [0.15, 0.2) is 12.2 Å². The number of carbonyl (C=O) groups excluding carboxylic acids is 5. The second-order valence-corrected chi connectivity index (χ2v) is 5.39. The number of nitrogens with two attached hydrogens (primary N) is 2. The molecule has 1 rings (SSSR count). The molecule has 1 aliphatic rings. The molecule has 0 saturated carbocycles. The van der Waals surface area contributed by atoms with E-state index in [1.165, 1.54) is 13.8 Å². The van der Waals surface area contributed by atoms with Gasteiger partial charge in [-0.1, -0.05) is 0 Å². The molecule has 1 heterocycles. The molecule has 1 fully saturated rings. The van der Waals surface area contributed by atoms with Crippen molar-refractivity contribution >= 4 is 29.6 Å². The minimum atomic E-state index is -1.19. The highest BCUT2D eigenvalue weighted by molar-refractivity contribution is 5.96. The van der Waals surface area contributed by atoms with E-state index in [1.807, 2.05) is 0 Å². The number of hydrogen-bond donors (Lipinski definition) is 4. The van der Waals surface area contributed by atoms with Gasteiger partial charge in [-0.05, 0) is 13.8 Å². The summed E-state index contributed by atoms with van der Waals surface area (Å²) < 4.78 is 9.30. The Morgan fingerprint density at radius 1 is 1.16 bits per heavy atom. The molecule has 1 saturated heterocycles. The second-order valence-electron chi connectivity index (χ2n) is 5.39. The lowest BCUT2D eigenvalue weighted by atomic mass is 10.2. The Kier molecular flexibility index (Phi) is 6.82. The highest BCUT2D eigenvalue weighted by Gasteiger charge is 2.53. The van der Waals surface area contributed by atoms with Gasteiger partial charge in [0.2, 0.25) is 11.8 Å². The van der Waals surface area contributed by atoms with Gasteiger partial charge in [-0.25, -0.2) is 9.80 Å². The first-order valence-electron chi connectivity index (χ1n) is 7.27. The number of hydrazine groups is 1. The van der Waals surface area contributed by atoms with Gasteiger partial charge in [-0.15, -0.1) is 0 Å². The van der Waals surface area contributed by atoms with Crippen molar-refractivity contribution in [3.63, 3.8) is 0 Å². The number of rotatable bonds is 7. The maximum Gasteiger partial charge on any atom is 0.338 e. The molecule has 6 N–H and O–H groups in total. The average molecular weight is 359 g/mol. The fourth-order valence-electron chi connectivity index (χ4n) is 1.72. The predicted molar refractivity (Wildman–Crippen MR) is 81.0 cm³/mol. The first-order chi connectivity index (χ1) is 11.6. The summed E-state index contributed by atoms with van der Waals surface area (Å²) in [5, 5.41) is 2.94. The summed E-state index contributed by atoms with van der Waals surface area (Å²) in [6.45, 7) is 2.14. The molecule has 0 spiro atoms. The van der Waals surface area contributed by atoms with Gasteiger partial charge in [-0.2, -0.15) is 0 Å². The maximum atomic E-state index is 12.2. The van der Waals surface area contributed by atoms with Crippen LogP contribution in [0.3, 0.4) is 0 Å². The predicted octanol–water partition coefficient (Wildman–Crippen LogP) is -3.88. The van der Waals surface area contributed by atoms with Crippen LogP contribution in [0, 0.1) is 0 Å². The van der Waals surface area contributed by atoms with Crippen LogP contribution in [0.2, 0.25) is 0 Å². The first-order valence-corrected chi connectivity index (χ1v) is 7.27. The number of esters is 1. The van der Waals surface area contributed by atoms with E-state index in [0.717, 1.165) is 7.11 Å². The zero-order chi connectivity index (χ0) is 19.3. The largest absolute Gasteiger partial charge is 0.467 e. The van der Waals surface area contributed by atoms with Crippen molar-refractivity contribution < 1.29 is 33.4 Å². The third-order valence-corrected chi connectivity index (χ3v) is 3.16. The fourth-order valence-corrected chi connectivity index (χ4v) is 1.72. The van der Waals surface area contributed by atoms with E-state index in [9.17, 15) is 24.0 Å². The van der Waals surface area contributed by atoms with Crippen molar-refractivity contribution in [2.75, 3.05) is 13.7 Å². The van der Waals surface area contributed by atoms with E-state index in [4.69, 9.17) is 16.2 Å². The van der Waals surface area contributed by atoms with Gasteiger partial charge in [0.1, 0.15) is 12.6 Å². The molecule has 0 aromatic carbocycles. The van der Waals surface area contributed by atoms with Gasteiger partial charge in [-0.3, -0.25) is 24.6 Å². The van der Waals surface area contributed by atoms with Crippen molar-refractivity contribution in [1.82, 2.24) is 15.8 Å². The number of epoxide rings is 1. The van der Waals surface area contributed by atoms with Crippen LogP contribution in [0.1, 0.15) is 13.8 Å². The van der Waals surface area contributed by atoms with Crippen LogP contribution in [-0.4, -0.2) is 72.6 Å². The zero-order valence-electron chi connectivity index (χ0n) is 14.0. The third-order valence-electron chi connectivity index (χ3n) is 3.16. The quantitative estimate of drug-likeness (QED) is 0.202. The smallest absolute Gasteiger partial charge is 0.338 e. The Morgan fingerprint density at radius 3 is 2.24 bits per heavy atom. The highest BCUT2D eigenvalue weighted by atomic mass is 16.6. The number of methoxy groups -OCH3 is 1. The minimum absolute atomic E-state index is 0.577. The Morgan fingerprint density at radius 2 is 1.76 bits per heavy atom. The molecule has 12 heteroatoms. The molecule has 4 amide bonds. The third kappa shape index (κ3) is 5.69. The molecule has 140 valence electrons. The van der Waals surface area contributed by atoms with Crippen LogP contribution in [0.25, 0.3) is 0 Å². The number of nitrogens with one attached hydrogen (secondary N) is 2. The van der Waals surface area contributed by atoms with E-state index >= 15 is 0 Å². The molecule has 0 aliphatic carbocycles. The van der Waals surface area contributed by atoms with E-state index in [1.54, 1.807) is 0 Å². The fraction of sp³-hybridized carbons (Fsp3) is 0.615. The molecule has 0 aromatic heterocycles. The lowest BCUT2D eigenvalue weighted by molar-refractivity contribution is -0.146. The molecular weight excluding hydrogens is 338 g/mol. The molecule has 1 aliphatic heterocycles. The molecule has 25 heavy (non-hydrogen) atoms. The summed E-state index contributed by atoms with van der Waals surface area (Å²) in [4.78, 5) is 58.2. The van der Waals surface area contributed by atoms with Crippen LogP contribution in [0.4, 0.5) is 0 Å². The number of primary amides is 1. The maximum absolute atomic E-state index is 12.2. The number of ether oxygens (including phenoxy) is 2. The number of amides is 4. The van der Waals surface area contributed by atoms with Gasteiger partial charge in [0, 0.05) is 0 Å². The Balaban J connectivity index is 2.71. The SMILES string of the molecule is COC(=O)[C@H]1O[C@@H]1C(=O)N(CC(N)=O)NC(=O)C(C)NC(=O)C(C)N. The lowest BCUT2D eigenvalue weighted by Crippen LogP contribution is -2.57. The van der Waals surface area contributed by atoms with E-state index in [-0.39, 0.29) is 0 Å². The van der Waals surface area contributed by atoms with Crippen molar-refractivity contribution in [2.24, 2.45) is 11.5 Å². The van der Waals surface area contributed by atoms with Crippen LogP contribution >= 0.6 is 0 Å². The monoisotopic (exact) mass is 359 g/mol. The van der Waals surface area contributed by atoms with Gasteiger partial charge in [0.05, 0.1) is 13.2 Å². The summed E-state index contributed by atoms with van der Waals surface area (Å²) in [7, 11) is 1.12. The van der Waals surface area contributed by atoms with Gasteiger partial charge >= 0.3 is 5.97 Å². The summed E-state index contributed by atoms with van der Waals surface area (Å²) in [5.41, 5.74) is 12.6. The van der Waals surface area contributed by atoms with E-state index < -0.39 is 60.4 Å². The van der Waals surface area contributed by atoms with Gasteiger partial charge in [0.25, 0.3) is 11.8 Å². The number of hydrogen-bond acceptors (Lipinski definition) is 8. The molecule has 2 unspecified atom stereocenters. The molecule has 4 atom stereocenters. The Hall–Kier alpha value is -2.73. The molecular formula is C13H21N5O7.